The molecule has 0 aromatic rings. The predicted octanol–water partition coefficient (Wildman–Crippen LogP) is 2.19. The maximum Gasteiger partial charge on any atom is 0.242 e. The van der Waals surface area contributed by atoms with E-state index in [2.05, 4.69) is 9.80 Å². The molecule has 21 heavy (non-hydrogen) atoms. The second-order valence-corrected chi connectivity index (χ2v) is 6.65. The lowest BCUT2D eigenvalue weighted by atomic mass is 9.81. The molecule has 2 aliphatic heterocycles. The van der Waals surface area contributed by atoms with Gasteiger partial charge in [0.15, 0.2) is 0 Å². The van der Waals surface area contributed by atoms with Crippen LogP contribution in [-0.2, 0) is 4.79 Å². The molecule has 124 valence electrons. The van der Waals surface area contributed by atoms with Crippen molar-refractivity contribution >= 4 is 30.7 Å². The van der Waals surface area contributed by atoms with E-state index in [4.69, 9.17) is 5.73 Å². The second-order valence-electron chi connectivity index (χ2n) is 6.65. The van der Waals surface area contributed by atoms with Gasteiger partial charge in [0, 0.05) is 25.7 Å². The van der Waals surface area contributed by atoms with Crippen LogP contribution in [0.1, 0.15) is 51.4 Å². The summed E-state index contributed by atoms with van der Waals surface area (Å²) in [5.74, 6) is 0.234. The van der Waals surface area contributed by atoms with E-state index in [0.29, 0.717) is 6.04 Å². The van der Waals surface area contributed by atoms with Gasteiger partial charge in [0.2, 0.25) is 5.91 Å². The first-order chi connectivity index (χ1) is 9.19. The molecule has 6 heteroatoms. The molecule has 2 heterocycles. The van der Waals surface area contributed by atoms with Gasteiger partial charge in [0.1, 0.15) is 0 Å². The number of hydrogen-bond donors (Lipinski definition) is 1. The number of nitrogens with two attached hydrogens (primary N) is 1. The third-order valence-electron chi connectivity index (χ3n) is 5.30. The van der Waals surface area contributed by atoms with Crippen molar-refractivity contribution < 1.29 is 4.79 Å². The monoisotopic (exact) mass is 337 g/mol. The van der Waals surface area contributed by atoms with Crippen LogP contribution < -0.4 is 5.73 Å². The SMILES string of the molecule is Cl.Cl.NC1(C(=O)N2CCN3CCCCC3C2)CCCCC1. The van der Waals surface area contributed by atoms with Gasteiger partial charge >= 0.3 is 0 Å². The zero-order chi connectivity index (χ0) is 13.3. The van der Waals surface area contributed by atoms with Gasteiger partial charge in [-0.25, -0.2) is 0 Å². The molecule has 0 aromatic carbocycles. The van der Waals surface area contributed by atoms with Crippen molar-refractivity contribution in [2.24, 2.45) is 5.73 Å². The molecular formula is C15H29Cl2N3O. The maximum atomic E-state index is 12.7. The fourth-order valence-corrected chi connectivity index (χ4v) is 4.05. The summed E-state index contributed by atoms with van der Waals surface area (Å²) < 4.78 is 0. The normalized spacial score (nSPS) is 28.8. The standard InChI is InChI=1S/C15H27N3O.2ClH/c16-15(7-3-1-4-8-15)14(19)18-11-10-17-9-5-2-6-13(17)12-18;;/h13H,1-12,16H2;2*1H. The number of carbonyl (C=O) groups excluding carboxylic acids is 1. The van der Waals surface area contributed by atoms with Crippen LogP contribution in [0.4, 0.5) is 0 Å². The van der Waals surface area contributed by atoms with Crippen molar-refractivity contribution in [1.82, 2.24) is 9.80 Å². The molecule has 2 N–H and O–H groups in total. The third kappa shape index (κ3) is 4.04. The molecule has 0 bridgehead atoms. The van der Waals surface area contributed by atoms with E-state index in [9.17, 15) is 4.79 Å². The molecule has 1 atom stereocenters. The molecule has 1 amide bonds. The Labute approximate surface area is 140 Å². The number of nitrogens with zero attached hydrogens (tertiary/aromatic N) is 2. The van der Waals surface area contributed by atoms with E-state index in [1.54, 1.807) is 0 Å². The quantitative estimate of drug-likeness (QED) is 0.797. The van der Waals surface area contributed by atoms with Crippen LogP contribution in [0.25, 0.3) is 0 Å². The van der Waals surface area contributed by atoms with Gasteiger partial charge in [-0.05, 0) is 32.2 Å². The summed E-state index contributed by atoms with van der Waals surface area (Å²) in [5.41, 5.74) is 5.85. The first kappa shape index (κ1) is 19.0. The summed E-state index contributed by atoms with van der Waals surface area (Å²) in [6.07, 6.45) is 9.14. The Morgan fingerprint density at radius 3 is 2.38 bits per heavy atom. The van der Waals surface area contributed by atoms with Crippen LogP contribution in [-0.4, -0.2) is 53.5 Å². The summed E-state index contributed by atoms with van der Waals surface area (Å²) in [6, 6.07) is 0.596. The van der Waals surface area contributed by atoms with Crippen molar-refractivity contribution in [3.8, 4) is 0 Å². The molecule has 1 aliphatic carbocycles. The van der Waals surface area contributed by atoms with E-state index >= 15 is 0 Å². The highest BCUT2D eigenvalue weighted by molar-refractivity contribution is 5.86. The molecule has 1 unspecified atom stereocenters. The molecule has 3 rings (SSSR count). The lowest BCUT2D eigenvalue weighted by Crippen LogP contribution is -2.63. The van der Waals surface area contributed by atoms with E-state index in [1.165, 1.54) is 32.2 Å². The largest absolute Gasteiger partial charge is 0.338 e. The molecule has 0 spiro atoms. The Bertz CT molecular complexity index is 348. The van der Waals surface area contributed by atoms with Gasteiger partial charge in [-0.15, -0.1) is 24.8 Å². The lowest BCUT2D eigenvalue weighted by molar-refractivity contribution is -0.141. The van der Waals surface area contributed by atoms with Crippen molar-refractivity contribution in [3.05, 3.63) is 0 Å². The number of hydrogen-bond acceptors (Lipinski definition) is 3. The molecule has 0 radical (unpaired) electrons. The third-order valence-corrected chi connectivity index (χ3v) is 5.30. The van der Waals surface area contributed by atoms with Gasteiger partial charge in [0.25, 0.3) is 0 Å². The van der Waals surface area contributed by atoms with Gasteiger partial charge in [0.05, 0.1) is 5.54 Å². The molecule has 3 aliphatic rings. The van der Waals surface area contributed by atoms with Crippen molar-refractivity contribution in [2.75, 3.05) is 26.2 Å². The molecule has 4 nitrogen and oxygen atoms in total. The highest BCUT2D eigenvalue weighted by atomic mass is 35.5. The summed E-state index contributed by atoms with van der Waals surface area (Å²) in [7, 11) is 0. The fourth-order valence-electron chi connectivity index (χ4n) is 4.05. The van der Waals surface area contributed by atoms with Crippen LogP contribution in [0.2, 0.25) is 0 Å². The zero-order valence-corrected chi connectivity index (χ0v) is 14.4. The lowest BCUT2D eigenvalue weighted by Gasteiger charge is -2.46. The average Bonchev–Trinajstić information content (AvgIpc) is 2.47. The van der Waals surface area contributed by atoms with Gasteiger partial charge < -0.3 is 10.6 Å². The van der Waals surface area contributed by atoms with Crippen molar-refractivity contribution in [2.45, 2.75) is 62.9 Å². The van der Waals surface area contributed by atoms with Crippen LogP contribution in [0.5, 0.6) is 0 Å². The minimum absolute atomic E-state index is 0. The van der Waals surface area contributed by atoms with E-state index in [1.807, 2.05) is 0 Å². The second kappa shape index (κ2) is 8.00. The maximum absolute atomic E-state index is 12.7. The zero-order valence-electron chi connectivity index (χ0n) is 12.8. The summed E-state index contributed by atoms with van der Waals surface area (Å²) in [5, 5.41) is 0. The summed E-state index contributed by atoms with van der Waals surface area (Å²) >= 11 is 0. The van der Waals surface area contributed by atoms with E-state index < -0.39 is 5.54 Å². The Balaban J connectivity index is 0.00000110. The van der Waals surface area contributed by atoms with Gasteiger partial charge in [-0.1, -0.05) is 25.7 Å². The van der Waals surface area contributed by atoms with Crippen LogP contribution in [0.3, 0.4) is 0 Å². The van der Waals surface area contributed by atoms with Crippen molar-refractivity contribution in [1.29, 1.82) is 0 Å². The van der Waals surface area contributed by atoms with Gasteiger partial charge in [-0.3, -0.25) is 9.69 Å². The van der Waals surface area contributed by atoms with Crippen LogP contribution >= 0.6 is 24.8 Å². The summed E-state index contributed by atoms with van der Waals surface area (Å²) in [6.45, 7) is 4.07. The van der Waals surface area contributed by atoms with Crippen LogP contribution in [0, 0.1) is 0 Å². The van der Waals surface area contributed by atoms with Crippen molar-refractivity contribution in [3.63, 3.8) is 0 Å². The van der Waals surface area contributed by atoms with Crippen LogP contribution in [0.15, 0.2) is 0 Å². The number of halogens is 2. The highest BCUT2D eigenvalue weighted by Gasteiger charge is 2.41. The number of amides is 1. The number of fused-ring (bicyclic) bond motifs is 1. The smallest absolute Gasteiger partial charge is 0.242 e. The minimum atomic E-state index is -0.547. The molecule has 1 saturated carbocycles. The number of carbonyl (C=O) groups is 1. The number of piperazine rings is 1. The Morgan fingerprint density at radius 1 is 0.952 bits per heavy atom. The predicted molar refractivity (Wildman–Crippen MR) is 90.3 cm³/mol. The molecule has 3 fully saturated rings. The number of piperidine rings is 1. The molecular weight excluding hydrogens is 309 g/mol. The topological polar surface area (TPSA) is 49.6 Å². The number of rotatable bonds is 1. The minimum Gasteiger partial charge on any atom is -0.338 e. The highest BCUT2D eigenvalue weighted by Crippen LogP contribution is 2.29. The van der Waals surface area contributed by atoms with E-state index in [0.717, 1.165) is 45.3 Å². The molecule has 0 aromatic heterocycles. The first-order valence-electron chi connectivity index (χ1n) is 8.01. The van der Waals surface area contributed by atoms with Gasteiger partial charge in [-0.2, -0.15) is 0 Å². The molecule has 2 saturated heterocycles. The van der Waals surface area contributed by atoms with E-state index in [-0.39, 0.29) is 30.7 Å². The Hall–Kier alpha value is -0.0300. The Kier molecular flexibility index (Phi) is 7.25. The average molecular weight is 338 g/mol. The Morgan fingerprint density at radius 2 is 1.67 bits per heavy atom. The fraction of sp³-hybridized carbons (Fsp3) is 0.933. The summed E-state index contributed by atoms with van der Waals surface area (Å²) in [4.78, 5) is 17.4. The first-order valence-corrected chi connectivity index (χ1v) is 8.01.